The molecule has 2 aromatic rings. The van der Waals surface area contributed by atoms with Crippen LogP contribution in [0.15, 0.2) is 53.6 Å². The van der Waals surface area contributed by atoms with E-state index < -0.39 is 35.3 Å². The molecular formula is C26H30N2O7. The highest BCUT2D eigenvalue weighted by Gasteiger charge is 2.56. The van der Waals surface area contributed by atoms with Crippen LogP contribution in [-0.2, 0) is 19.1 Å². The zero-order valence-corrected chi connectivity index (χ0v) is 20.0. The van der Waals surface area contributed by atoms with E-state index >= 15 is 0 Å². The largest absolute Gasteiger partial charge is 0.466 e. The predicted octanol–water partition coefficient (Wildman–Crippen LogP) is 3.48. The number of hydrogen-bond acceptors (Lipinski definition) is 9. The van der Waals surface area contributed by atoms with Gasteiger partial charge in [0.15, 0.2) is 11.5 Å². The Morgan fingerprint density at radius 1 is 1.06 bits per heavy atom. The van der Waals surface area contributed by atoms with Crippen molar-refractivity contribution in [1.29, 1.82) is 0 Å². The van der Waals surface area contributed by atoms with E-state index in [-0.39, 0.29) is 26.4 Å². The van der Waals surface area contributed by atoms with Gasteiger partial charge in [0.1, 0.15) is 5.92 Å². The van der Waals surface area contributed by atoms with E-state index in [1.54, 1.807) is 39.0 Å². The van der Waals surface area contributed by atoms with E-state index in [1.165, 1.54) is 0 Å². The first-order chi connectivity index (χ1) is 16.9. The van der Waals surface area contributed by atoms with E-state index in [0.717, 1.165) is 5.69 Å². The zero-order valence-electron chi connectivity index (χ0n) is 20.0. The number of esters is 2. The molecule has 0 aromatic heterocycles. The van der Waals surface area contributed by atoms with E-state index in [2.05, 4.69) is 10.5 Å². The van der Waals surface area contributed by atoms with Crippen molar-refractivity contribution in [3.63, 3.8) is 0 Å². The summed E-state index contributed by atoms with van der Waals surface area (Å²) >= 11 is 0. The average Bonchev–Trinajstić information content (AvgIpc) is 3.30. The number of fused-ring (bicyclic) bond motifs is 1. The maximum atomic E-state index is 13.4. The number of aliphatic hydroxyl groups is 1. The van der Waals surface area contributed by atoms with Gasteiger partial charge in [0.2, 0.25) is 6.79 Å². The van der Waals surface area contributed by atoms with Crippen molar-refractivity contribution < 1.29 is 33.6 Å². The minimum Gasteiger partial charge on any atom is -0.466 e. The molecule has 1 saturated carbocycles. The van der Waals surface area contributed by atoms with Gasteiger partial charge in [-0.15, -0.1) is 0 Å². The molecule has 0 bridgehead atoms. The molecular weight excluding hydrogens is 452 g/mol. The lowest BCUT2D eigenvalue weighted by atomic mass is 9.61. The first-order valence-electron chi connectivity index (χ1n) is 11.7. The second-order valence-electron chi connectivity index (χ2n) is 8.71. The smallest absolute Gasteiger partial charge is 0.315 e. The molecule has 9 nitrogen and oxygen atoms in total. The summed E-state index contributed by atoms with van der Waals surface area (Å²) in [5.74, 6) is -2.87. The van der Waals surface area contributed by atoms with Crippen LogP contribution in [0.1, 0.15) is 38.7 Å². The molecule has 0 radical (unpaired) electrons. The average molecular weight is 483 g/mol. The van der Waals surface area contributed by atoms with E-state index in [4.69, 9.17) is 18.9 Å². The Bertz CT molecular complexity index is 1100. The zero-order chi connectivity index (χ0) is 25.0. The number of nitrogens with zero attached hydrogens (tertiary/aromatic N) is 1. The molecule has 9 heteroatoms. The van der Waals surface area contributed by atoms with Crippen molar-refractivity contribution in [2.75, 3.05) is 25.4 Å². The summed E-state index contributed by atoms with van der Waals surface area (Å²) in [5, 5.41) is 16.1. The van der Waals surface area contributed by atoms with E-state index in [9.17, 15) is 14.7 Å². The monoisotopic (exact) mass is 482 g/mol. The Labute approximate surface area is 204 Å². The van der Waals surface area contributed by atoms with Gasteiger partial charge in [0.25, 0.3) is 0 Å². The minimum absolute atomic E-state index is 0.0269. The van der Waals surface area contributed by atoms with Gasteiger partial charge in [0, 0.05) is 12.3 Å². The fraction of sp³-hybridized carbons (Fsp3) is 0.423. The third kappa shape index (κ3) is 5.09. The maximum Gasteiger partial charge on any atom is 0.315 e. The number of anilines is 1. The summed E-state index contributed by atoms with van der Waals surface area (Å²) in [7, 11) is 0. The van der Waals surface area contributed by atoms with Gasteiger partial charge in [-0.05, 0) is 50.6 Å². The highest BCUT2D eigenvalue weighted by molar-refractivity contribution is 6.06. The van der Waals surface area contributed by atoms with Gasteiger partial charge in [-0.1, -0.05) is 24.3 Å². The number of carbonyl (C=O) groups is 2. The highest BCUT2D eigenvalue weighted by Crippen LogP contribution is 2.49. The third-order valence-corrected chi connectivity index (χ3v) is 6.25. The minimum atomic E-state index is -1.55. The molecule has 0 spiro atoms. The van der Waals surface area contributed by atoms with Gasteiger partial charge >= 0.3 is 11.9 Å². The van der Waals surface area contributed by atoms with Crippen LogP contribution >= 0.6 is 0 Å². The fourth-order valence-electron chi connectivity index (χ4n) is 4.78. The van der Waals surface area contributed by atoms with Crippen LogP contribution in [0, 0.1) is 11.8 Å². The number of hydrogen-bond donors (Lipinski definition) is 2. The van der Waals surface area contributed by atoms with Crippen molar-refractivity contribution in [3.05, 3.63) is 54.1 Å². The van der Waals surface area contributed by atoms with Crippen LogP contribution in [0.25, 0.3) is 0 Å². The molecule has 1 aliphatic carbocycles. The van der Waals surface area contributed by atoms with Crippen LogP contribution in [0.2, 0.25) is 0 Å². The number of rotatable bonds is 7. The Kier molecular flexibility index (Phi) is 7.25. The van der Waals surface area contributed by atoms with E-state index in [1.807, 2.05) is 30.3 Å². The number of ether oxygens (including phenoxy) is 4. The SMILES string of the molecule is CCOC(=O)[C@@H]1/C(=N/Nc2ccccc2)C[C@](C)(O)[C@@H](C(=O)OCC)[C@H]1c1ccc2c(c1)OCO2. The molecule has 2 aliphatic rings. The van der Waals surface area contributed by atoms with Crippen LogP contribution < -0.4 is 14.9 Å². The lowest BCUT2D eigenvalue weighted by Crippen LogP contribution is -2.55. The number of benzene rings is 2. The van der Waals surface area contributed by atoms with Gasteiger partial charge < -0.3 is 24.1 Å². The molecule has 0 amide bonds. The number of nitrogens with one attached hydrogen (secondary N) is 1. The first kappa shape index (κ1) is 24.5. The van der Waals surface area contributed by atoms with Crippen molar-refractivity contribution in [2.45, 2.75) is 38.7 Å². The van der Waals surface area contributed by atoms with Gasteiger partial charge in [-0.2, -0.15) is 5.10 Å². The Morgan fingerprint density at radius 3 is 2.46 bits per heavy atom. The van der Waals surface area contributed by atoms with Crippen molar-refractivity contribution in [3.8, 4) is 11.5 Å². The molecule has 1 heterocycles. The standard InChI is InChI=1S/C26H30N2O7/c1-4-32-24(29)22-18(28-27-17-9-7-6-8-10-17)14-26(3,31)23(25(30)33-5-2)21(22)16-11-12-19-20(13-16)35-15-34-19/h6-13,21-23,27,31H,4-5,14-15H2,1-3H3/b28-18+/t21-,22+,23+,26-/m0/s1. The molecule has 4 rings (SSSR count). The molecule has 35 heavy (non-hydrogen) atoms. The third-order valence-electron chi connectivity index (χ3n) is 6.25. The molecule has 1 aliphatic heterocycles. The van der Waals surface area contributed by atoms with Crippen molar-refractivity contribution in [1.82, 2.24) is 0 Å². The predicted molar refractivity (Wildman–Crippen MR) is 128 cm³/mol. The van der Waals surface area contributed by atoms with Crippen molar-refractivity contribution >= 4 is 23.3 Å². The number of hydrazone groups is 1. The molecule has 186 valence electrons. The molecule has 0 unspecified atom stereocenters. The quantitative estimate of drug-likeness (QED) is 0.455. The van der Waals surface area contributed by atoms with Gasteiger partial charge in [-0.25, -0.2) is 0 Å². The van der Waals surface area contributed by atoms with E-state index in [0.29, 0.717) is 22.8 Å². The summed E-state index contributed by atoms with van der Waals surface area (Å²) < 4.78 is 21.7. The van der Waals surface area contributed by atoms with Crippen LogP contribution in [0.4, 0.5) is 5.69 Å². The maximum absolute atomic E-state index is 13.4. The van der Waals surface area contributed by atoms with Crippen LogP contribution in [0.3, 0.4) is 0 Å². The summed E-state index contributed by atoms with van der Waals surface area (Å²) in [6, 6.07) is 14.5. The van der Waals surface area contributed by atoms with Crippen LogP contribution in [-0.4, -0.2) is 48.4 Å². The molecule has 1 fully saturated rings. The first-order valence-corrected chi connectivity index (χ1v) is 11.7. The second kappa shape index (κ2) is 10.4. The summed E-state index contributed by atoms with van der Waals surface area (Å²) in [4.78, 5) is 26.6. The van der Waals surface area contributed by atoms with Crippen molar-refractivity contribution in [2.24, 2.45) is 16.9 Å². The normalized spacial score (nSPS) is 26.3. The highest BCUT2D eigenvalue weighted by atomic mass is 16.7. The number of para-hydroxylation sites is 1. The van der Waals surface area contributed by atoms with Gasteiger partial charge in [0.05, 0.1) is 36.1 Å². The lowest BCUT2D eigenvalue weighted by molar-refractivity contribution is -0.163. The fourth-order valence-corrected chi connectivity index (χ4v) is 4.78. The summed E-state index contributed by atoms with van der Waals surface area (Å²) in [5.41, 5.74) is 3.12. The molecule has 2 N–H and O–H groups in total. The summed E-state index contributed by atoms with van der Waals surface area (Å²) in [6.07, 6.45) is -0.0269. The molecule has 2 aromatic carbocycles. The topological polar surface area (TPSA) is 116 Å². The summed E-state index contributed by atoms with van der Waals surface area (Å²) in [6.45, 7) is 5.35. The lowest BCUT2D eigenvalue weighted by Gasteiger charge is -2.45. The Hall–Kier alpha value is -3.59. The molecule has 0 saturated heterocycles. The van der Waals surface area contributed by atoms with Crippen LogP contribution in [0.5, 0.6) is 11.5 Å². The Morgan fingerprint density at radius 2 is 1.74 bits per heavy atom. The van der Waals surface area contributed by atoms with Gasteiger partial charge in [-0.3, -0.25) is 15.0 Å². The second-order valence-corrected chi connectivity index (χ2v) is 8.71. The molecule has 4 atom stereocenters. The number of carbonyl (C=O) groups excluding carboxylic acids is 2. The Balaban J connectivity index is 1.84.